The Bertz CT molecular complexity index is 258. The summed E-state index contributed by atoms with van der Waals surface area (Å²) in [5.41, 5.74) is 0.998. The molecule has 1 aromatic heterocycles. The summed E-state index contributed by atoms with van der Waals surface area (Å²) in [6.07, 6.45) is 3.93. The Morgan fingerprint density at radius 2 is 2.45 bits per heavy atom. The van der Waals surface area contributed by atoms with E-state index in [1.54, 1.807) is 12.3 Å². The van der Waals surface area contributed by atoms with Crippen molar-refractivity contribution in [1.82, 2.24) is 4.98 Å². The van der Waals surface area contributed by atoms with E-state index in [-0.39, 0.29) is 12.2 Å². The monoisotopic (exact) mass is 147 g/mol. The maximum absolute atomic E-state index is 5.27. The lowest BCUT2D eigenvalue weighted by molar-refractivity contribution is 0.391. The molecule has 0 amide bonds. The number of pyridine rings is 1. The third kappa shape index (κ3) is 1.17. The maximum atomic E-state index is 5.27. The van der Waals surface area contributed by atoms with Gasteiger partial charge in [-0.05, 0) is 12.1 Å². The third-order valence-corrected chi connectivity index (χ3v) is 1.74. The molecule has 56 valence electrons. The molecule has 0 unspecified atom stereocenters. The van der Waals surface area contributed by atoms with Crippen molar-refractivity contribution in [2.75, 3.05) is 0 Å². The number of hydrogen-bond acceptors (Lipinski definition) is 2. The van der Waals surface area contributed by atoms with Crippen LogP contribution in [0.15, 0.2) is 37.1 Å². The zero-order valence-electron chi connectivity index (χ0n) is 6.10. The SMILES string of the molecule is C=C[C@H]1O[C@H]1c1ccccn1. The first-order chi connectivity index (χ1) is 5.42. The highest BCUT2D eigenvalue weighted by molar-refractivity contribution is 5.16. The van der Waals surface area contributed by atoms with E-state index < -0.39 is 0 Å². The van der Waals surface area contributed by atoms with Crippen LogP contribution in [0.5, 0.6) is 0 Å². The van der Waals surface area contributed by atoms with Gasteiger partial charge in [0.1, 0.15) is 12.2 Å². The fourth-order valence-electron chi connectivity index (χ4n) is 1.09. The Morgan fingerprint density at radius 3 is 3.00 bits per heavy atom. The normalized spacial score (nSPS) is 28.0. The van der Waals surface area contributed by atoms with Crippen LogP contribution in [0.3, 0.4) is 0 Å². The van der Waals surface area contributed by atoms with Crippen molar-refractivity contribution in [3.05, 3.63) is 42.7 Å². The molecule has 1 aliphatic rings. The first-order valence-corrected chi connectivity index (χ1v) is 3.61. The van der Waals surface area contributed by atoms with Gasteiger partial charge in [-0.2, -0.15) is 0 Å². The summed E-state index contributed by atoms with van der Waals surface area (Å²) < 4.78 is 5.27. The highest BCUT2D eigenvalue weighted by atomic mass is 16.6. The van der Waals surface area contributed by atoms with E-state index in [1.165, 1.54) is 0 Å². The third-order valence-electron chi connectivity index (χ3n) is 1.74. The number of epoxide rings is 1. The van der Waals surface area contributed by atoms with Crippen molar-refractivity contribution >= 4 is 0 Å². The van der Waals surface area contributed by atoms with Gasteiger partial charge in [0.2, 0.25) is 0 Å². The number of nitrogens with zero attached hydrogens (tertiary/aromatic N) is 1. The van der Waals surface area contributed by atoms with Crippen LogP contribution < -0.4 is 0 Å². The summed E-state index contributed by atoms with van der Waals surface area (Å²) in [6.45, 7) is 3.65. The van der Waals surface area contributed by atoms with Gasteiger partial charge in [-0.25, -0.2) is 0 Å². The molecule has 2 rings (SSSR count). The maximum Gasteiger partial charge on any atom is 0.130 e. The van der Waals surface area contributed by atoms with Gasteiger partial charge < -0.3 is 4.74 Å². The molecule has 1 saturated heterocycles. The molecule has 1 aliphatic heterocycles. The van der Waals surface area contributed by atoms with Gasteiger partial charge in [-0.1, -0.05) is 12.1 Å². The molecular formula is C9H9NO. The molecule has 0 spiro atoms. The zero-order chi connectivity index (χ0) is 7.68. The summed E-state index contributed by atoms with van der Waals surface area (Å²) in [5, 5.41) is 0. The van der Waals surface area contributed by atoms with Crippen molar-refractivity contribution < 1.29 is 4.74 Å². The van der Waals surface area contributed by atoms with Crippen LogP contribution in [0.1, 0.15) is 11.8 Å². The predicted octanol–water partition coefficient (Wildman–Crippen LogP) is 1.71. The van der Waals surface area contributed by atoms with E-state index in [1.807, 2.05) is 18.2 Å². The Labute approximate surface area is 65.5 Å². The highest BCUT2D eigenvalue weighted by Crippen LogP contribution is 2.37. The second-order valence-corrected chi connectivity index (χ2v) is 2.51. The van der Waals surface area contributed by atoms with Crippen molar-refractivity contribution in [2.24, 2.45) is 0 Å². The van der Waals surface area contributed by atoms with Gasteiger partial charge in [0, 0.05) is 6.20 Å². The molecule has 0 N–H and O–H groups in total. The molecule has 1 aromatic rings. The molecule has 2 atom stereocenters. The number of ether oxygens (including phenoxy) is 1. The molecule has 0 bridgehead atoms. The van der Waals surface area contributed by atoms with E-state index in [2.05, 4.69) is 11.6 Å². The molecule has 0 saturated carbocycles. The van der Waals surface area contributed by atoms with Crippen molar-refractivity contribution in [3.8, 4) is 0 Å². The number of rotatable bonds is 2. The zero-order valence-corrected chi connectivity index (χ0v) is 6.10. The predicted molar refractivity (Wildman–Crippen MR) is 42.0 cm³/mol. The highest BCUT2D eigenvalue weighted by Gasteiger charge is 2.38. The van der Waals surface area contributed by atoms with Crippen LogP contribution >= 0.6 is 0 Å². The van der Waals surface area contributed by atoms with Gasteiger partial charge in [0.15, 0.2) is 0 Å². The Hall–Kier alpha value is -1.15. The molecule has 2 nitrogen and oxygen atoms in total. The van der Waals surface area contributed by atoms with E-state index in [0.717, 1.165) is 5.69 Å². The van der Waals surface area contributed by atoms with Crippen LogP contribution in [0, 0.1) is 0 Å². The minimum atomic E-state index is 0.161. The van der Waals surface area contributed by atoms with Crippen molar-refractivity contribution in [1.29, 1.82) is 0 Å². The second kappa shape index (κ2) is 2.47. The fraction of sp³-hybridized carbons (Fsp3) is 0.222. The van der Waals surface area contributed by atoms with Gasteiger partial charge in [-0.3, -0.25) is 4.98 Å². The lowest BCUT2D eigenvalue weighted by atomic mass is 10.2. The molecule has 2 heterocycles. The number of hydrogen-bond donors (Lipinski definition) is 0. The van der Waals surface area contributed by atoms with Gasteiger partial charge in [0.05, 0.1) is 5.69 Å². The first kappa shape index (κ1) is 6.55. The van der Waals surface area contributed by atoms with Crippen LogP contribution in [-0.2, 0) is 4.74 Å². The lowest BCUT2D eigenvalue weighted by Crippen LogP contribution is -1.86. The summed E-state index contributed by atoms with van der Waals surface area (Å²) in [4.78, 5) is 4.17. The van der Waals surface area contributed by atoms with Crippen LogP contribution in [0.25, 0.3) is 0 Å². The van der Waals surface area contributed by atoms with Crippen LogP contribution in [-0.4, -0.2) is 11.1 Å². The van der Waals surface area contributed by atoms with E-state index in [0.29, 0.717) is 0 Å². The Balaban J connectivity index is 2.14. The van der Waals surface area contributed by atoms with Crippen molar-refractivity contribution in [2.45, 2.75) is 12.2 Å². The van der Waals surface area contributed by atoms with Gasteiger partial charge in [-0.15, -0.1) is 6.58 Å². The summed E-state index contributed by atoms with van der Waals surface area (Å²) in [5.74, 6) is 0. The van der Waals surface area contributed by atoms with Crippen LogP contribution in [0.2, 0.25) is 0 Å². The van der Waals surface area contributed by atoms with Crippen molar-refractivity contribution in [3.63, 3.8) is 0 Å². The van der Waals surface area contributed by atoms with Gasteiger partial charge >= 0.3 is 0 Å². The minimum Gasteiger partial charge on any atom is -0.358 e. The molecular weight excluding hydrogens is 138 g/mol. The number of aromatic nitrogens is 1. The topological polar surface area (TPSA) is 25.4 Å². The second-order valence-electron chi connectivity index (χ2n) is 2.51. The molecule has 11 heavy (non-hydrogen) atoms. The molecule has 2 heteroatoms. The van der Waals surface area contributed by atoms with Gasteiger partial charge in [0.25, 0.3) is 0 Å². The average Bonchev–Trinajstić information content (AvgIpc) is 2.85. The standard InChI is InChI=1S/C9H9NO/c1-2-8-9(11-8)7-5-3-4-6-10-7/h2-6,8-9H,1H2/t8-,9+/m1/s1. The lowest BCUT2D eigenvalue weighted by Gasteiger charge is -1.90. The van der Waals surface area contributed by atoms with E-state index >= 15 is 0 Å². The first-order valence-electron chi connectivity index (χ1n) is 3.61. The fourth-order valence-corrected chi connectivity index (χ4v) is 1.09. The minimum absolute atomic E-state index is 0.161. The molecule has 1 fully saturated rings. The summed E-state index contributed by atoms with van der Waals surface area (Å²) >= 11 is 0. The molecule has 0 aromatic carbocycles. The molecule has 0 radical (unpaired) electrons. The van der Waals surface area contributed by atoms with E-state index in [4.69, 9.17) is 4.74 Å². The average molecular weight is 147 g/mol. The molecule has 0 aliphatic carbocycles. The van der Waals surface area contributed by atoms with Crippen LogP contribution in [0.4, 0.5) is 0 Å². The Morgan fingerprint density at radius 1 is 1.55 bits per heavy atom. The van der Waals surface area contributed by atoms with E-state index in [9.17, 15) is 0 Å². The Kier molecular flexibility index (Phi) is 1.47. The quantitative estimate of drug-likeness (QED) is 0.470. The summed E-state index contributed by atoms with van der Waals surface area (Å²) in [6, 6.07) is 5.83. The largest absolute Gasteiger partial charge is 0.358 e. The smallest absolute Gasteiger partial charge is 0.130 e. The summed E-state index contributed by atoms with van der Waals surface area (Å²) in [7, 11) is 0.